The molecule has 7 nitrogen and oxygen atoms in total. The van der Waals surface area contributed by atoms with Gasteiger partial charge in [-0.3, -0.25) is 0 Å². The molecule has 0 aromatic carbocycles. The number of ether oxygens (including phenoxy) is 3. The molecule has 0 aromatic heterocycles. The Bertz CT molecular complexity index is 502. The van der Waals surface area contributed by atoms with Crippen LogP contribution in [0.2, 0.25) is 0 Å². The standard InChI is InChI=1S/C12H10O7/c1-5(2)9(13)17-7-8(12(16)19-11(7)15)18-10(14)6(3)4/h1,3H2,2,4H3. The van der Waals surface area contributed by atoms with E-state index in [2.05, 4.69) is 27.4 Å². The molecule has 0 unspecified atom stereocenters. The third-order valence-electron chi connectivity index (χ3n) is 1.85. The molecule has 0 spiro atoms. The summed E-state index contributed by atoms with van der Waals surface area (Å²) in [6.07, 6.45) is 0. The van der Waals surface area contributed by atoms with Crippen LogP contribution in [0, 0.1) is 0 Å². The molecule has 0 N–H and O–H groups in total. The van der Waals surface area contributed by atoms with Gasteiger partial charge in [0.15, 0.2) is 0 Å². The number of hydrogen-bond donors (Lipinski definition) is 0. The highest BCUT2D eigenvalue weighted by Gasteiger charge is 2.40. The quantitative estimate of drug-likeness (QED) is 0.316. The van der Waals surface area contributed by atoms with E-state index in [1.165, 1.54) is 13.8 Å². The van der Waals surface area contributed by atoms with Crippen molar-refractivity contribution in [1.29, 1.82) is 0 Å². The number of carbonyl (C=O) groups excluding carboxylic acids is 4. The summed E-state index contributed by atoms with van der Waals surface area (Å²) in [6, 6.07) is 0. The van der Waals surface area contributed by atoms with Crippen LogP contribution in [0.3, 0.4) is 0 Å². The summed E-state index contributed by atoms with van der Waals surface area (Å²) in [4.78, 5) is 45.1. The van der Waals surface area contributed by atoms with Gasteiger partial charge in [-0.05, 0) is 13.8 Å². The van der Waals surface area contributed by atoms with Crippen molar-refractivity contribution in [3.8, 4) is 0 Å². The van der Waals surface area contributed by atoms with E-state index in [1.54, 1.807) is 0 Å². The van der Waals surface area contributed by atoms with E-state index in [0.717, 1.165) is 0 Å². The summed E-state index contributed by atoms with van der Waals surface area (Å²) in [7, 11) is 0. The fourth-order valence-corrected chi connectivity index (χ4v) is 0.898. The van der Waals surface area contributed by atoms with Crippen molar-refractivity contribution in [1.82, 2.24) is 0 Å². The van der Waals surface area contributed by atoms with Crippen LogP contribution in [-0.4, -0.2) is 23.9 Å². The number of carbonyl (C=O) groups is 4. The lowest BCUT2D eigenvalue weighted by molar-refractivity contribution is -0.156. The zero-order valence-electron chi connectivity index (χ0n) is 10.3. The highest BCUT2D eigenvalue weighted by Crippen LogP contribution is 2.21. The van der Waals surface area contributed by atoms with Gasteiger partial charge in [0.25, 0.3) is 11.5 Å². The summed E-state index contributed by atoms with van der Waals surface area (Å²) in [6.45, 7) is 9.27. The molecular formula is C12H10O7. The lowest BCUT2D eigenvalue weighted by Crippen LogP contribution is -2.13. The van der Waals surface area contributed by atoms with E-state index in [9.17, 15) is 19.2 Å². The van der Waals surface area contributed by atoms with Gasteiger partial charge in [-0.25, -0.2) is 19.2 Å². The zero-order valence-corrected chi connectivity index (χ0v) is 10.3. The van der Waals surface area contributed by atoms with Gasteiger partial charge in [0.2, 0.25) is 0 Å². The van der Waals surface area contributed by atoms with Gasteiger partial charge >= 0.3 is 23.9 Å². The second kappa shape index (κ2) is 5.30. The van der Waals surface area contributed by atoms with Crippen molar-refractivity contribution in [2.24, 2.45) is 0 Å². The van der Waals surface area contributed by atoms with E-state index in [4.69, 9.17) is 0 Å². The van der Waals surface area contributed by atoms with Crippen LogP contribution in [0.4, 0.5) is 0 Å². The maximum atomic E-state index is 11.3. The van der Waals surface area contributed by atoms with Crippen molar-refractivity contribution in [3.63, 3.8) is 0 Å². The first kappa shape index (κ1) is 14.4. The predicted octanol–water partition coefficient (Wildman–Crippen LogP) is 0.520. The molecule has 7 heteroatoms. The van der Waals surface area contributed by atoms with Gasteiger partial charge in [0.1, 0.15) is 0 Å². The minimum Gasteiger partial charge on any atom is -0.411 e. The Kier molecular flexibility index (Phi) is 4.00. The molecule has 0 fully saturated rings. The molecule has 0 aromatic rings. The first-order valence-corrected chi connectivity index (χ1v) is 5.00. The lowest BCUT2D eigenvalue weighted by Gasteiger charge is -2.04. The van der Waals surface area contributed by atoms with Crippen molar-refractivity contribution in [3.05, 3.63) is 35.8 Å². The van der Waals surface area contributed by atoms with Crippen LogP contribution in [0.5, 0.6) is 0 Å². The minimum absolute atomic E-state index is 0.00905. The molecule has 100 valence electrons. The highest BCUT2D eigenvalue weighted by molar-refractivity contribution is 6.12. The third-order valence-corrected chi connectivity index (χ3v) is 1.85. The molecule has 1 heterocycles. The Labute approximate surface area is 108 Å². The van der Waals surface area contributed by atoms with Crippen LogP contribution in [0.1, 0.15) is 13.8 Å². The second-order valence-corrected chi connectivity index (χ2v) is 3.67. The molecule has 1 aliphatic heterocycles. The van der Waals surface area contributed by atoms with Gasteiger partial charge < -0.3 is 14.2 Å². The monoisotopic (exact) mass is 266 g/mol. The Morgan fingerprint density at radius 2 is 1.21 bits per heavy atom. The number of cyclic esters (lactones) is 2. The van der Waals surface area contributed by atoms with Crippen molar-refractivity contribution in [2.75, 3.05) is 0 Å². The van der Waals surface area contributed by atoms with E-state index < -0.39 is 35.4 Å². The smallest absolute Gasteiger partial charge is 0.386 e. The number of rotatable bonds is 4. The maximum absolute atomic E-state index is 11.3. The molecule has 0 radical (unpaired) electrons. The molecule has 0 saturated heterocycles. The molecule has 0 atom stereocenters. The first-order chi connectivity index (χ1) is 8.73. The first-order valence-electron chi connectivity index (χ1n) is 5.00. The van der Waals surface area contributed by atoms with E-state index >= 15 is 0 Å². The fraction of sp³-hybridized carbons (Fsp3) is 0.167. The Morgan fingerprint density at radius 1 is 0.895 bits per heavy atom. The molecule has 0 amide bonds. The summed E-state index contributed by atoms with van der Waals surface area (Å²) in [5.74, 6) is -5.91. The topological polar surface area (TPSA) is 96.0 Å². The summed E-state index contributed by atoms with van der Waals surface area (Å²) in [5.41, 5.74) is -0.0181. The van der Waals surface area contributed by atoms with E-state index in [-0.39, 0.29) is 11.1 Å². The minimum atomic E-state index is -1.22. The van der Waals surface area contributed by atoms with Crippen molar-refractivity contribution >= 4 is 23.9 Å². The molecule has 1 rings (SSSR count). The molecule has 0 saturated carbocycles. The normalized spacial score (nSPS) is 14.0. The van der Waals surface area contributed by atoms with E-state index in [0.29, 0.717) is 0 Å². The van der Waals surface area contributed by atoms with Gasteiger partial charge in [0, 0.05) is 11.1 Å². The Hall–Kier alpha value is -2.70. The van der Waals surface area contributed by atoms with Gasteiger partial charge in [-0.1, -0.05) is 13.2 Å². The molecule has 0 aliphatic carbocycles. The maximum Gasteiger partial charge on any atom is 0.386 e. The summed E-state index contributed by atoms with van der Waals surface area (Å²) in [5, 5.41) is 0. The molecule has 19 heavy (non-hydrogen) atoms. The molecule has 1 aliphatic rings. The Balaban J connectivity index is 3.06. The summed E-state index contributed by atoms with van der Waals surface area (Å²) < 4.78 is 13.4. The molecular weight excluding hydrogens is 256 g/mol. The average Bonchev–Trinajstić information content (AvgIpc) is 2.55. The van der Waals surface area contributed by atoms with Gasteiger partial charge in [-0.15, -0.1) is 0 Å². The third kappa shape index (κ3) is 3.15. The zero-order chi connectivity index (χ0) is 14.7. The molecule has 0 bridgehead atoms. The number of esters is 4. The van der Waals surface area contributed by atoms with Crippen molar-refractivity contribution in [2.45, 2.75) is 13.8 Å². The summed E-state index contributed by atoms with van der Waals surface area (Å²) >= 11 is 0. The average molecular weight is 266 g/mol. The van der Waals surface area contributed by atoms with Gasteiger partial charge in [0.05, 0.1) is 0 Å². The second-order valence-electron chi connectivity index (χ2n) is 3.67. The van der Waals surface area contributed by atoms with Crippen LogP contribution in [0.25, 0.3) is 0 Å². The highest BCUT2D eigenvalue weighted by atomic mass is 16.7. The SMILES string of the molecule is C=C(C)C(=O)OC1=C(OC(=O)C(=C)C)C(=O)OC1=O. The van der Waals surface area contributed by atoms with Crippen LogP contribution in [-0.2, 0) is 33.4 Å². The Morgan fingerprint density at radius 3 is 1.47 bits per heavy atom. The van der Waals surface area contributed by atoms with Crippen LogP contribution >= 0.6 is 0 Å². The van der Waals surface area contributed by atoms with Crippen LogP contribution < -0.4 is 0 Å². The lowest BCUT2D eigenvalue weighted by atomic mass is 10.3. The fourth-order valence-electron chi connectivity index (χ4n) is 0.898. The van der Waals surface area contributed by atoms with Crippen molar-refractivity contribution < 1.29 is 33.4 Å². The largest absolute Gasteiger partial charge is 0.411 e. The van der Waals surface area contributed by atoms with Gasteiger partial charge in [-0.2, -0.15) is 0 Å². The number of hydrogen-bond acceptors (Lipinski definition) is 7. The predicted molar refractivity (Wildman–Crippen MR) is 59.9 cm³/mol. The van der Waals surface area contributed by atoms with Crippen LogP contribution in [0.15, 0.2) is 35.8 Å². The van der Waals surface area contributed by atoms with E-state index in [1.807, 2.05) is 0 Å².